The standard InChI is InChI=1S/C13H17ClFNO2/c14-11-3-1-9(2-4-11)5-12(15)6-10(8-16)7-13(17)18/h1-4,10,12H,5-8,16H2,(H,17,18). The number of carboxylic acids is 1. The van der Waals surface area contributed by atoms with Gasteiger partial charge in [0.25, 0.3) is 0 Å². The lowest BCUT2D eigenvalue weighted by Gasteiger charge is -2.15. The van der Waals surface area contributed by atoms with Gasteiger partial charge >= 0.3 is 5.97 Å². The van der Waals surface area contributed by atoms with Gasteiger partial charge in [0.1, 0.15) is 6.17 Å². The van der Waals surface area contributed by atoms with Crippen LogP contribution in [0, 0.1) is 5.92 Å². The number of rotatable bonds is 7. The van der Waals surface area contributed by atoms with Crippen molar-refractivity contribution in [2.24, 2.45) is 11.7 Å². The molecule has 2 atom stereocenters. The first kappa shape index (κ1) is 14.9. The summed E-state index contributed by atoms with van der Waals surface area (Å²) in [7, 11) is 0. The van der Waals surface area contributed by atoms with Crippen LogP contribution in [0.3, 0.4) is 0 Å². The monoisotopic (exact) mass is 273 g/mol. The Morgan fingerprint density at radius 1 is 1.39 bits per heavy atom. The van der Waals surface area contributed by atoms with Crippen LogP contribution < -0.4 is 5.73 Å². The average molecular weight is 274 g/mol. The SMILES string of the molecule is NCC(CC(=O)O)CC(F)Cc1ccc(Cl)cc1. The summed E-state index contributed by atoms with van der Waals surface area (Å²) in [4.78, 5) is 10.6. The van der Waals surface area contributed by atoms with E-state index in [1.54, 1.807) is 24.3 Å². The van der Waals surface area contributed by atoms with Gasteiger partial charge in [0.2, 0.25) is 0 Å². The van der Waals surface area contributed by atoms with Crippen LogP contribution >= 0.6 is 11.6 Å². The highest BCUT2D eigenvalue weighted by Gasteiger charge is 2.18. The van der Waals surface area contributed by atoms with E-state index in [2.05, 4.69) is 0 Å². The quantitative estimate of drug-likeness (QED) is 0.803. The Balaban J connectivity index is 2.46. The van der Waals surface area contributed by atoms with E-state index in [9.17, 15) is 9.18 Å². The van der Waals surface area contributed by atoms with Gasteiger partial charge in [0.05, 0.1) is 0 Å². The van der Waals surface area contributed by atoms with Crippen LogP contribution in [0.15, 0.2) is 24.3 Å². The van der Waals surface area contributed by atoms with Gasteiger partial charge in [-0.2, -0.15) is 0 Å². The first-order valence-corrected chi connectivity index (χ1v) is 6.19. The van der Waals surface area contributed by atoms with E-state index in [-0.39, 0.29) is 31.7 Å². The lowest BCUT2D eigenvalue weighted by atomic mass is 9.95. The molecule has 0 spiro atoms. The van der Waals surface area contributed by atoms with Crippen molar-refractivity contribution in [1.29, 1.82) is 0 Å². The van der Waals surface area contributed by atoms with Gasteiger partial charge in [-0.25, -0.2) is 4.39 Å². The van der Waals surface area contributed by atoms with Crippen molar-refractivity contribution >= 4 is 17.6 Å². The molecule has 0 aliphatic rings. The van der Waals surface area contributed by atoms with E-state index in [0.29, 0.717) is 5.02 Å². The number of alkyl halides is 1. The summed E-state index contributed by atoms with van der Waals surface area (Å²) < 4.78 is 13.8. The van der Waals surface area contributed by atoms with Gasteiger partial charge < -0.3 is 10.8 Å². The first-order chi connectivity index (χ1) is 8.51. The van der Waals surface area contributed by atoms with Crippen molar-refractivity contribution in [3.05, 3.63) is 34.9 Å². The second-order valence-electron chi connectivity index (χ2n) is 4.36. The molecule has 5 heteroatoms. The summed E-state index contributed by atoms with van der Waals surface area (Å²) in [5.41, 5.74) is 6.28. The van der Waals surface area contributed by atoms with Gasteiger partial charge in [0, 0.05) is 17.9 Å². The Morgan fingerprint density at radius 2 is 2.00 bits per heavy atom. The highest BCUT2D eigenvalue weighted by atomic mass is 35.5. The predicted molar refractivity (Wildman–Crippen MR) is 69.5 cm³/mol. The van der Waals surface area contributed by atoms with Crippen LogP contribution in [0.4, 0.5) is 4.39 Å². The molecule has 1 aromatic rings. The van der Waals surface area contributed by atoms with Crippen LogP contribution in [0.2, 0.25) is 5.02 Å². The number of nitrogens with two attached hydrogens (primary N) is 1. The van der Waals surface area contributed by atoms with E-state index in [4.69, 9.17) is 22.4 Å². The number of hydrogen-bond acceptors (Lipinski definition) is 2. The highest BCUT2D eigenvalue weighted by Crippen LogP contribution is 2.18. The minimum atomic E-state index is -1.08. The molecule has 0 aliphatic carbocycles. The summed E-state index contributed by atoms with van der Waals surface area (Å²) in [6, 6.07) is 6.95. The van der Waals surface area contributed by atoms with E-state index in [1.807, 2.05) is 0 Å². The van der Waals surface area contributed by atoms with Crippen molar-refractivity contribution in [3.63, 3.8) is 0 Å². The fourth-order valence-corrected chi connectivity index (χ4v) is 1.96. The lowest BCUT2D eigenvalue weighted by molar-refractivity contribution is -0.138. The second kappa shape index (κ2) is 7.34. The van der Waals surface area contributed by atoms with Crippen molar-refractivity contribution < 1.29 is 14.3 Å². The highest BCUT2D eigenvalue weighted by molar-refractivity contribution is 6.30. The van der Waals surface area contributed by atoms with Crippen LogP contribution in [0.1, 0.15) is 18.4 Å². The third kappa shape index (κ3) is 5.47. The predicted octanol–water partition coefficient (Wildman–Crippen LogP) is 2.66. The molecule has 100 valence electrons. The van der Waals surface area contributed by atoms with Gasteiger partial charge in [0.15, 0.2) is 0 Å². The molecule has 3 nitrogen and oxygen atoms in total. The molecule has 0 amide bonds. The summed E-state index contributed by atoms with van der Waals surface area (Å²) in [5, 5.41) is 9.27. The Kier molecular flexibility index (Phi) is 6.09. The zero-order chi connectivity index (χ0) is 13.5. The van der Waals surface area contributed by atoms with Gasteiger partial charge in [-0.15, -0.1) is 0 Å². The van der Waals surface area contributed by atoms with Crippen molar-refractivity contribution in [1.82, 2.24) is 0 Å². The molecule has 0 fully saturated rings. The molecule has 0 heterocycles. The lowest BCUT2D eigenvalue weighted by Crippen LogP contribution is -2.22. The molecule has 0 aromatic heterocycles. The molecular weight excluding hydrogens is 257 g/mol. The van der Waals surface area contributed by atoms with Crippen molar-refractivity contribution in [2.45, 2.75) is 25.4 Å². The van der Waals surface area contributed by atoms with E-state index in [1.165, 1.54) is 0 Å². The molecule has 1 rings (SSSR count). The molecule has 1 aromatic carbocycles. The first-order valence-electron chi connectivity index (χ1n) is 5.81. The fourth-order valence-electron chi connectivity index (χ4n) is 1.83. The topological polar surface area (TPSA) is 63.3 Å². The molecule has 18 heavy (non-hydrogen) atoms. The Hall–Kier alpha value is -1.13. The number of halogens is 2. The second-order valence-corrected chi connectivity index (χ2v) is 4.80. The maximum Gasteiger partial charge on any atom is 0.303 e. The van der Waals surface area contributed by atoms with Crippen LogP contribution in [-0.2, 0) is 11.2 Å². The number of carbonyl (C=O) groups is 1. The molecular formula is C13H17ClFNO2. The minimum absolute atomic E-state index is 0.0858. The molecule has 0 radical (unpaired) electrons. The smallest absolute Gasteiger partial charge is 0.303 e. The summed E-state index contributed by atoms with van der Waals surface area (Å²) in [6.07, 6.45) is -0.741. The molecule has 2 unspecified atom stereocenters. The average Bonchev–Trinajstić information content (AvgIpc) is 2.30. The van der Waals surface area contributed by atoms with Gasteiger partial charge in [-0.1, -0.05) is 23.7 Å². The normalized spacial score (nSPS) is 14.2. The van der Waals surface area contributed by atoms with E-state index < -0.39 is 12.1 Å². The summed E-state index contributed by atoms with van der Waals surface area (Å²) in [6.45, 7) is 0.188. The van der Waals surface area contributed by atoms with E-state index in [0.717, 1.165) is 5.56 Å². The molecule has 0 saturated heterocycles. The summed E-state index contributed by atoms with van der Waals surface area (Å²) >= 11 is 5.74. The largest absolute Gasteiger partial charge is 0.481 e. The third-order valence-electron chi connectivity index (χ3n) is 2.76. The zero-order valence-corrected chi connectivity index (χ0v) is 10.7. The van der Waals surface area contributed by atoms with E-state index >= 15 is 0 Å². The molecule has 0 aliphatic heterocycles. The van der Waals surface area contributed by atoms with Crippen molar-refractivity contribution in [2.75, 3.05) is 6.54 Å². The number of hydrogen-bond donors (Lipinski definition) is 2. The maximum absolute atomic E-state index is 13.8. The third-order valence-corrected chi connectivity index (χ3v) is 3.01. The minimum Gasteiger partial charge on any atom is -0.481 e. The van der Waals surface area contributed by atoms with Gasteiger partial charge in [-0.3, -0.25) is 4.79 Å². The Labute approximate surface area is 111 Å². The number of aliphatic carboxylic acids is 1. The van der Waals surface area contributed by atoms with Crippen molar-refractivity contribution in [3.8, 4) is 0 Å². The van der Waals surface area contributed by atoms with Crippen LogP contribution in [0.5, 0.6) is 0 Å². The molecule has 3 N–H and O–H groups in total. The Bertz CT molecular complexity index is 383. The number of benzene rings is 1. The maximum atomic E-state index is 13.8. The molecule has 0 bridgehead atoms. The Morgan fingerprint density at radius 3 is 2.50 bits per heavy atom. The van der Waals surface area contributed by atoms with Gasteiger partial charge in [-0.05, 0) is 36.6 Å². The fraction of sp³-hybridized carbons (Fsp3) is 0.462. The van der Waals surface area contributed by atoms with Crippen LogP contribution in [0.25, 0.3) is 0 Å². The number of carboxylic acid groups (broad SMARTS) is 1. The van der Waals surface area contributed by atoms with Crippen LogP contribution in [-0.4, -0.2) is 23.8 Å². The summed E-state index contributed by atoms with van der Waals surface area (Å²) in [5.74, 6) is -1.26. The molecule has 0 saturated carbocycles. The zero-order valence-electron chi connectivity index (χ0n) is 9.98.